The Morgan fingerprint density at radius 2 is 1.92 bits per heavy atom. The molecule has 0 spiro atoms. The number of nitrogens with one attached hydrogen (secondary N) is 1. The standard InChI is InChI=1S/C26H24N4O6S/c27-14-22(25(31)29-24-13-20-8-10-28-15-23(20)37-24)19-6-4-18(5-7-19)16-35-26(32)21-3-1-2-17(12-21)9-11-36-30(33)34/h1-8,10,12-13,15,22H,9,11,14,16,27H2,(H,29,31)/t22-/m1/s1. The molecule has 3 N–H and O–H groups in total. The third kappa shape index (κ3) is 6.87. The Morgan fingerprint density at radius 1 is 1.11 bits per heavy atom. The second-order valence-electron chi connectivity index (χ2n) is 8.13. The molecule has 2 heterocycles. The Bertz CT molecular complexity index is 1370. The highest BCUT2D eigenvalue weighted by Gasteiger charge is 2.20. The fraction of sp³-hybridized carbons (Fsp3) is 0.192. The summed E-state index contributed by atoms with van der Waals surface area (Å²) in [5.41, 5.74) is 8.48. The summed E-state index contributed by atoms with van der Waals surface area (Å²) in [6.45, 7) is 0.0833. The Balaban J connectivity index is 1.33. The van der Waals surface area contributed by atoms with Crippen molar-refractivity contribution in [1.82, 2.24) is 4.98 Å². The molecule has 2 aromatic carbocycles. The zero-order valence-electron chi connectivity index (χ0n) is 19.7. The monoisotopic (exact) mass is 520 g/mol. The first-order chi connectivity index (χ1) is 17.9. The van der Waals surface area contributed by atoms with Gasteiger partial charge < -0.3 is 20.6 Å². The average Bonchev–Trinajstić information content (AvgIpc) is 3.30. The van der Waals surface area contributed by atoms with Gasteiger partial charge in [-0.1, -0.05) is 36.4 Å². The van der Waals surface area contributed by atoms with E-state index >= 15 is 0 Å². The van der Waals surface area contributed by atoms with E-state index in [0.717, 1.165) is 31.8 Å². The Hall–Kier alpha value is -4.35. The summed E-state index contributed by atoms with van der Waals surface area (Å²) in [5.74, 6) is -1.26. The second kappa shape index (κ2) is 12.1. The van der Waals surface area contributed by atoms with Crippen molar-refractivity contribution in [3.8, 4) is 0 Å². The molecular weight excluding hydrogens is 496 g/mol. The Kier molecular flexibility index (Phi) is 8.39. The minimum Gasteiger partial charge on any atom is -0.457 e. The van der Waals surface area contributed by atoms with Crippen LogP contribution in [-0.4, -0.2) is 35.1 Å². The molecule has 0 aliphatic heterocycles. The number of hydrogen-bond acceptors (Lipinski definition) is 9. The molecule has 0 bridgehead atoms. The molecule has 2 aromatic heterocycles. The number of aromatic nitrogens is 1. The number of benzene rings is 2. The van der Waals surface area contributed by atoms with Crippen LogP contribution in [-0.2, 0) is 27.4 Å². The van der Waals surface area contributed by atoms with Gasteiger partial charge in [0.2, 0.25) is 5.91 Å². The number of rotatable bonds is 11. The number of fused-ring (bicyclic) bond motifs is 1. The van der Waals surface area contributed by atoms with Crippen molar-refractivity contribution in [3.63, 3.8) is 0 Å². The first-order valence-corrected chi connectivity index (χ1v) is 12.2. The lowest BCUT2D eigenvalue weighted by molar-refractivity contribution is -0.757. The van der Waals surface area contributed by atoms with Crippen molar-refractivity contribution in [1.29, 1.82) is 0 Å². The Morgan fingerprint density at radius 3 is 2.65 bits per heavy atom. The van der Waals surface area contributed by atoms with E-state index in [1.54, 1.807) is 60.9 Å². The van der Waals surface area contributed by atoms with Crippen LogP contribution >= 0.6 is 11.3 Å². The number of hydrogen-bond donors (Lipinski definition) is 2. The van der Waals surface area contributed by atoms with Crippen LogP contribution in [0, 0.1) is 10.1 Å². The number of carbonyl (C=O) groups is 2. The van der Waals surface area contributed by atoms with Crippen molar-refractivity contribution in [2.75, 3.05) is 18.5 Å². The molecule has 11 heteroatoms. The van der Waals surface area contributed by atoms with Gasteiger partial charge in [-0.2, -0.15) is 0 Å². The minimum absolute atomic E-state index is 0.0447. The lowest BCUT2D eigenvalue weighted by atomic mass is 9.97. The van der Waals surface area contributed by atoms with E-state index in [-0.39, 0.29) is 25.7 Å². The van der Waals surface area contributed by atoms with Crippen LogP contribution in [0.25, 0.3) is 10.1 Å². The maximum Gasteiger partial charge on any atom is 0.338 e. The number of anilines is 1. The molecule has 10 nitrogen and oxygen atoms in total. The molecule has 0 radical (unpaired) electrons. The van der Waals surface area contributed by atoms with Gasteiger partial charge in [-0.15, -0.1) is 21.5 Å². The number of esters is 1. The summed E-state index contributed by atoms with van der Waals surface area (Å²) in [5, 5.41) is 14.1. The number of nitrogens with two attached hydrogens (primary N) is 1. The van der Waals surface area contributed by atoms with Crippen LogP contribution in [0.5, 0.6) is 0 Å². The van der Waals surface area contributed by atoms with Crippen molar-refractivity contribution in [3.05, 3.63) is 105 Å². The van der Waals surface area contributed by atoms with Crippen LogP contribution in [0.3, 0.4) is 0 Å². The molecule has 0 unspecified atom stereocenters. The van der Waals surface area contributed by atoms with Gasteiger partial charge in [0.15, 0.2) is 0 Å². The van der Waals surface area contributed by atoms with Gasteiger partial charge in [0.25, 0.3) is 5.09 Å². The van der Waals surface area contributed by atoms with E-state index < -0.39 is 17.0 Å². The quantitative estimate of drug-likeness (QED) is 0.171. The molecule has 1 atom stereocenters. The number of pyridine rings is 1. The maximum atomic E-state index is 12.9. The van der Waals surface area contributed by atoms with Crippen LogP contribution in [0.4, 0.5) is 5.00 Å². The average molecular weight is 521 g/mol. The summed E-state index contributed by atoms with van der Waals surface area (Å²) in [4.78, 5) is 44.1. The van der Waals surface area contributed by atoms with Crippen molar-refractivity contribution in [2.24, 2.45) is 5.73 Å². The number of ether oxygens (including phenoxy) is 1. The smallest absolute Gasteiger partial charge is 0.338 e. The lowest BCUT2D eigenvalue weighted by Gasteiger charge is -2.15. The summed E-state index contributed by atoms with van der Waals surface area (Å²) in [6, 6.07) is 17.6. The van der Waals surface area contributed by atoms with E-state index in [9.17, 15) is 19.7 Å². The fourth-order valence-electron chi connectivity index (χ4n) is 3.72. The molecular formula is C26H24N4O6S. The third-order valence-electron chi connectivity index (χ3n) is 5.62. The lowest BCUT2D eigenvalue weighted by Crippen LogP contribution is -2.27. The van der Waals surface area contributed by atoms with Gasteiger partial charge in [0.05, 0.1) is 21.2 Å². The highest BCUT2D eigenvalue weighted by Crippen LogP contribution is 2.30. The van der Waals surface area contributed by atoms with Gasteiger partial charge in [0.1, 0.15) is 13.2 Å². The van der Waals surface area contributed by atoms with Crippen LogP contribution in [0.1, 0.15) is 33.0 Å². The maximum absolute atomic E-state index is 12.9. The molecule has 0 fully saturated rings. The molecule has 0 aliphatic rings. The van der Waals surface area contributed by atoms with Gasteiger partial charge >= 0.3 is 5.97 Å². The number of thiophene rings is 1. The normalized spacial score (nSPS) is 11.6. The summed E-state index contributed by atoms with van der Waals surface area (Å²) in [6.07, 6.45) is 3.75. The topological polar surface area (TPSA) is 147 Å². The van der Waals surface area contributed by atoms with Crippen LogP contribution < -0.4 is 11.1 Å². The van der Waals surface area contributed by atoms with Gasteiger partial charge in [-0.3, -0.25) is 9.78 Å². The van der Waals surface area contributed by atoms with Gasteiger partial charge in [0, 0.05) is 18.9 Å². The van der Waals surface area contributed by atoms with E-state index in [2.05, 4.69) is 15.1 Å². The largest absolute Gasteiger partial charge is 0.457 e. The van der Waals surface area contributed by atoms with Crippen molar-refractivity contribution < 1.29 is 24.3 Å². The molecule has 37 heavy (non-hydrogen) atoms. The third-order valence-corrected chi connectivity index (χ3v) is 6.62. The zero-order chi connectivity index (χ0) is 26.2. The number of carbonyl (C=O) groups excluding carboxylic acids is 2. The predicted octanol–water partition coefficient (Wildman–Crippen LogP) is 4.09. The SMILES string of the molecule is NC[C@@H](C(=O)Nc1cc2ccncc2s1)c1ccc(COC(=O)c2cccc(CCO[N+](=O)[O-])c2)cc1. The highest BCUT2D eigenvalue weighted by molar-refractivity contribution is 7.22. The molecule has 0 saturated carbocycles. The van der Waals surface area contributed by atoms with E-state index in [4.69, 9.17) is 10.5 Å². The molecule has 190 valence electrons. The van der Waals surface area contributed by atoms with Crippen LogP contribution in [0.2, 0.25) is 0 Å². The summed E-state index contributed by atoms with van der Waals surface area (Å²) < 4.78 is 6.39. The number of nitrogens with zero attached hydrogens (tertiary/aromatic N) is 2. The zero-order valence-corrected chi connectivity index (χ0v) is 20.5. The van der Waals surface area contributed by atoms with Crippen molar-refractivity contribution in [2.45, 2.75) is 18.9 Å². The minimum atomic E-state index is -0.852. The van der Waals surface area contributed by atoms with Gasteiger partial charge in [-0.05, 0) is 52.8 Å². The molecule has 0 saturated heterocycles. The molecule has 4 aromatic rings. The van der Waals surface area contributed by atoms with Gasteiger partial charge in [-0.25, -0.2) is 4.79 Å². The summed E-state index contributed by atoms with van der Waals surface area (Å²) >= 11 is 1.45. The second-order valence-corrected chi connectivity index (χ2v) is 9.21. The first-order valence-electron chi connectivity index (χ1n) is 11.4. The molecule has 4 rings (SSSR count). The first kappa shape index (κ1) is 25.7. The van der Waals surface area contributed by atoms with E-state index in [0.29, 0.717) is 12.0 Å². The molecule has 1 amide bonds. The fourth-order valence-corrected chi connectivity index (χ4v) is 4.65. The molecule has 0 aliphatic carbocycles. The Labute approximate surface area is 216 Å². The van der Waals surface area contributed by atoms with E-state index in [1.165, 1.54) is 11.3 Å². The highest BCUT2D eigenvalue weighted by atomic mass is 32.1. The number of amides is 1. The van der Waals surface area contributed by atoms with E-state index in [1.807, 2.05) is 12.1 Å². The predicted molar refractivity (Wildman–Crippen MR) is 139 cm³/mol. The van der Waals surface area contributed by atoms with Crippen molar-refractivity contribution >= 4 is 38.3 Å². The summed E-state index contributed by atoms with van der Waals surface area (Å²) in [7, 11) is 0. The van der Waals surface area contributed by atoms with Crippen LogP contribution in [0.15, 0.2) is 73.1 Å².